The number of rotatable bonds is 7. The predicted octanol–water partition coefficient (Wildman–Crippen LogP) is 0.432. The molecule has 1 saturated heterocycles. The van der Waals surface area contributed by atoms with E-state index >= 15 is 0 Å². The van der Waals surface area contributed by atoms with Crippen LogP contribution in [0.25, 0.3) is 11.2 Å². The van der Waals surface area contributed by atoms with E-state index in [4.69, 9.17) is 4.74 Å². The molecule has 0 radical (unpaired) electrons. The average molecular weight is 457 g/mol. The lowest BCUT2D eigenvalue weighted by molar-refractivity contribution is -0.114. The molecule has 2 aromatic heterocycles. The quantitative estimate of drug-likeness (QED) is 0.528. The van der Waals surface area contributed by atoms with Crippen LogP contribution in [-0.4, -0.2) is 55.5 Å². The normalized spacial score (nSPS) is 14.6. The second-order valence-corrected chi connectivity index (χ2v) is 8.26. The number of ether oxygens (including phenoxy) is 1. The largest absolute Gasteiger partial charge is 0.491 e. The van der Waals surface area contributed by atoms with E-state index in [1.807, 2.05) is 0 Å². The van der Waals surface area contributed by atoms with Crippen molar-refractivity contribution in [2.75, 3.05) is 29.9 Å². The number of aliphatic hydroxyl groups is 1. The summed E-state index contributed by atoms with van der Waals surface area (Å²) >= 11 is 0. The molecular weight excluding hydrogens is 428 g/mol. The van der Waals surface area contributed by atoms with Gasteiger partial charge in [-0.2, -0.15) is 4.98 Å². The molecule has 0 saturated carbocycles. The average Bonchev–Trinajstić information content (AvgIpc) is 3.44. The van der Waals surface area contributed by atoms with E-state index < -0.39 is 17.4 Å². The monoisotopic (exact) mass is 456 g/mol. The highest BCUT2D eigenvalue weighted by atomic mass is 16.5. The zero-order valence-electron chi connectivity index (χ0n) is 18.9. The number of hydrogen-bond acceptors (Lipinski definition) is 7. The summed E-state index contributed by atoms with van der Waals surface area (Å²) in [6.45, 7) is 3.10. The Bertz CT molecular complexity index is 1280. The Morgan fingerprint density at radius 2 is 1.82 bits per heavy atom. The third-order valence-electron chi connectivity index (χ3n) is 5.73. The summed E-state index contributed by atoms with van der Waals surface area (Å²) in [5, 5.41) is 13.4. The van der Waals surface area contributed by atoms with Crippen LogP contribution in [0.5, 0.6) is 5.75 Å². The van der Waals surface area contributed by atoms with Gasteiger partial charge < -0.3 is 24.6 Å². The van der Waals surface area contributed by atoms with Gasteiger partial charge in [-0.15, -0.1) is 0 Å². The molecular formula is C22H28N6O5. The fraction of sp³-hybridized carbons (Fsp3) is 0.455. The van der Waals surface area contributed by atoms with Gasteiger partial charge in [0.15, 0.2) is 11.2 Å². The number of imidazole rings is 1. The van der Waals surface area contributed by atoms with Gasteiger partial charge in [0.1, 0.15) is 18.5 Å². The van der Waals surface area contributed by atoms with Crippen LogP contribution >= 0.6 is 0 Å². The van der Waals surface area contributed by atoms with Crippen molar-refractivity contribution in [3.8, 4) is 5.75 Å². The van der Waals surface area contributed by atoms with Gasteiger partial charge in [0.25, 0.3) is 5.56 Å². The van der Waals surface area contributed by atoms with Gasteiger partial charge in [0, 0.05) is 39.8 Å². The molecule has 1 atom stereocenters. The molecule has 1 unspecified atom stereocenters. The first-order valence-electron chi connectivity index (χ1n) is 10.9. The maximum Gasteiger partial charge on any atom is 0.332 e. The SMILES string of the molecule is CC(=O)Nc1ccc(OCC(O)Cn2c(N3CCCC3)nc3c2c(=O)n(C)c(=O)n3C)cc1. The molecule has 1 fully saturated rings. The molecule has 1 aliphatic rings. The Balaban J connectivity index is 1.59. The van der Waals surface area contributed by atoms with Gasteiger partial charge in [0.05, 0.1) is 6.54 Å². The van der Waals surface area contributed by atoms with Crippen molar-refractivity contribution < 1.29 is 14.6 Å². The number of aliphatic hydroxyl groups excluding tert-OH is 1. The van der Waals surface area contributed by atoms with Gasteiger partial charge in [-0.1, -0.05) is 0 Å². The van der Waals surface area contributed by atoms with E-state index in [0.29, 0.717) is 23.0 Å². The molecule has 1 aromatic carbocycles. The van der Waals surface area contributed by atoms with Crippen molar-refractivity contribution in [3.05, 3.63) is 45.1 Å². The predicted molar refractivity (Wildman–Crippen MR) is 124 cm³/mol. The number of hydrogen-bond donors (Lipinski definition) is 2. The Hall–Kier alpha value is -3.60. The number of nitrogens with one attached hydrogen (secondary N) is 1. The third-order valence-corrected chi connectivity index (χ3v) is 5.73. The maximum absolute atomic E-state index is 12.9. The summed E-state index contributed by atoms with van der Waals surface area (Å²) in [4.78, 5) is 43.1. The number of aryl methyl sites for hydroxylation is 1. The first-order chi connectivity index (χ1) is 15.8. The number of fused-ring (bicyclic) bond motifs is 1. The van der Waals surface area contributed by atoms with Crippen molar-refractivity contribution >= 4 is 28.7 Å². The minimum atomic E-state index is -0.930. The lowest BCUT2D eigenvalue weighted by Gasteiger charge is -2.20. The molecule has 2 N–H and O–H groups in total. The highest BCUT2D eigenvalue weighted by molar-refractivity contribution is 5.88. The van der Waals surface area contributed by atoms with Crippen LogP contribution in [0.15, 0.2) is 33.9 Å². The van der Waals surface area contributed by atoms with Crippen LogP contribution < -0.4 is 26.2 Å². The van der Waals surface area contributed by atoms with E-state index in [-0.39, 0.29) is 24.6 Å². The standard InChI is InChI=1S/C22H28N6O5/c1-14(29)23-15-6-8-17(9-7-15)33-13-16(30)12-28-18-19(24-21(28)27-10-4-5-11-27)25(2)22(32)26(3)20(18)31/h6-9,16,30H,4-5,10-13H2,1-3H3,(H,23,29). The van der Waals surface area contributed by atoms with Crippen molar-refractivity contribution in [1.82, 2.24) is 18.7 Å². The van der Waals surface area contributed by atoms with Crippen LogP contribution in [0.4, 0.5) is 11.6 Å². The van der Waals surface area contributed by atoms with Crippen LogP contribution in [0.1, 0.15) is 19.8 Å². The summed E-state index contributed by atoms with van der Waals surface area (Å²) in [5.74, 6) is 0.945. The smallest absolute Gasteiger partial charge is 0.332 e. The molecule has 1 aliphatic heterocycles. The molecule has 1 amide bonds. The molecule has 33 heavy (non-hydrogen) atoms. The van der Waals surface area contributed by atoms with Crippen molar-refractivity contribution in [3.63, 3.8) is 0 Å². The molecule has 0 aliphatic carbocycles. The van der Waals surface area contributed by atoms with Crippen molar-refractivity contribution in [1.29, 1.82) is 0 Å². The summed E-state index contributed by atoms with van der Waals surface area (Å²) < 4.78 is 9.80. The van der Waals surface area contributed by atoms with E-state index in [1.54, 1.807) is 35.9 Å². The van der Waals surface area contributed by atoms with Crippen LogP contribution in [0, 0.1) is 0 Å². The summed E-state index contributed by atoms with van der Waals surface area (Å²) in [6, 6.07) is 6.82. The lowest BCUT2D eigenvalue weighted by Crippen LogP contribution is -2.38. The maximum atomic E-state index is 12.9. The molecule has 3 heterocycles. The van der Waals surface area contributed by atoms with E-state index in [2.05, 4.69) is 15.2 Å². The number of carbonyl (C=O) groups is 1. The number of anilines is 2. The Morgan fingerprint density at radius 1 is 1.15 bits per heavy atom. The van der Waals surface area contributed by atoms with E-state index in [1.165, 1.54) is 18.5 Å². The lowest BCUT2D eigenvalue weighted by atomic mass is 10.3. The molecule has 176 valence electrons. The summed E-state index contributed by atoms with van der Waals surface area (Å²) in [6.07, 6.45) is 1.10. The zero-order valence-corrected chi connectivity index (χ0v) is 18.9. The number of benzene rings is 1. The first-order valence-corrected chi connectivity index (χ1v) is 10.9. The van der Waals surface area contributed by atoms with Crippen LogP contribution in [0.3, 0.4) is 0 Å². The molecule has 11 nitrogen and oxygen atoms in total. The molecule has 11 heteroatoms. The number of amides is 1. The molecule has 0 bridgehead atoms. The Labute approximate surface area is 189 Å². The fourth-order valence-electron chi connectivity index (χ4n) is 4.06. The number of aromatic nitrogens is 4. The fourth-order valence-corrected chi connectivity index (χ4v) is 4.06. The van der Waals surface area contributed by atoms with E-state index in [9.17, 15) is 19.5 Å². The Morgan fingerprint density at radius 3 is 2.45 bits per heavy atom. The Kier molecular flexibility index (Phi) is 6.23. The van der Waals surface area contributed by atoms with Gasteiger partial charge >= 0.3 is 5.69 Å². The van der Waals surface area contributed by atoms with Crippen molar-refractivity contribution in [2.24, 2.45) is 14.1 Å². The van der Waals surface area contributed by atoms with Crippen LogP contribution in [-0.2, 0) is 25.4 Å². The minimum absolute atomic E-state index is 0.00925. The van der Waals surface area contributed by atoms with Gasteiger partial charge in [0.2, 0.25) is 11.9 Å². The van der Waals surface area contributed by atoms with Crippen LogP contribution in [0.2, 0.25) is 0 Å². The number of nitrogens with zero attached hydrogens (tertiary/aromatic N) is 5. The van der Waals surface area contributed by atoms with Gasteiger partial charge in [-0.25, -0.2) is 4.79 Å². The third kappa shape index (κ3) is 4.49. The zero-order chi connectivity index (χ0) is 23.7. The number of carbonyl (C=O) groups excluding carboxylic acids is 1. The summed E-state index contributed by atoms with van der Waals surface area (Å²) in [7, 11) is 3.01. The minimum Gasteiger partial charge on any atom is -0.491 e. The van der Waals surface area contributed by atoms with Gasteiger partial charge in [-0.05, 0) is 37.1 Å². The second-order valence-electron chi connectivity index (χ2n) is 8.26. The van der Waals surface area contributed by atoms with Gasteiger partial charge in [-0.3, -0.25) is 18.7 Å². The second kappa shape index (κ2) is 9.10. The molecule has 4 rings (SSSR count). The highest BCUT2D eigenvalue weighted by Gasteiger charge is 2.25. The highest BCUT2D eigenvalue weighted by Crippen LogP contribution is 2.24. The van der Waals surface area contributed by atoms with Crippen molar-refractivity contribution in [2.45, 2.75) is 32.4 Å². The van der Waals surface area contributed by atoms with E-state index in [0.717, 1.165) is 30.5 Å². The molecule has 0 spiro atoms. The first kappa shape index (κ1) is 22.6. The topological polar surface area (TPSA) is 124 Å². The molecule has 3 aromatic rings. The summed E-state index contributed by atoms with van der Waals surface area (Å²) in [5.41, 5.74) is 0.327.